The van der Waals surface area contributed by atoms with E-state index in [-0.39, 0.29) is 12.5 Å². The molecular formula is C22H24N2O4. The first kappa shape index (κ1) is 19.7. The fourth-order valence-electron chi connectivity index (χ4n) is 3.83. The van der Waals surface area contributed by atoms with Crippen LogP contribution in [0.1, 0.15) is 42.5 Å². The molecular weight excluding hydrogens is 356 g/mol. The number of nitriles is 1. The van der Waals surface area contributed by atoms with Gasteiger partial charge in [0.05, 0.1) is 18.7 Å². The van der Waals surface area contributed by atoms with Crippen LogP contribution in [-0.4, -0.2) is 43.1 Å². The number of benzene rings is 2. The number of hydrogen-bond acceptors (Lipinski definition) is 5. The molecule has 1 aliphatic rings. The number of carbonyl (C=O) groups is 2. The molecule has 0 aromatic heterocycles. The molecule has 0 unspecified atom stereocenters. The average Bonchev–Trinajstić information content (AvgIpc) is 2.76. The van der Waals surface area contributed by atoms with Crippen molar-refractivity contribution in [1.82, 2.24) is 4.90 Å². The molecule has 0 heterocycles. The van der Waals surface area contributed by atoms with Gasteiger partial charge in [0.2, 0.25) is 0 Å². The Bertz CT molecular complexity index is 926. The predicted octanol–water partition coefficient (Wildman–Crippen LogP) is 3.69. The molecule has 0 bridgehead atoms. The Morgan fingerprint density at radius 3 is 2.43 bits per heavy atom. The van der Waals surface area contributed by atoms with E-state index in [1.807, 2.05) is 24.3 Å². The summed E-state index contributed by atoms with van der Waals surface area (Å²) >= 11 is 0. The maximum absolute atomic E-state index is 12.6. The Hall–Kier alpha value is -3.07. The van der Waals surface area contributed by atoms with Crippen LogP contribution >= 0.6 is 0 Å². The number of ether oxygens (including phenoxy) is 2. The summed E-state index contributed by atoms with van der Waals surface area (Å²) in [6.07, 6.45) is 4.22. The molecule has 0 N–H and O–H groups in total. The van der Waals surface area contributed by atoms with Crippen molar-refractivity contribution in [3.63, 3.8) is 0 Å². The van der Waals surface area contributed by atoms with Crippen LogP contribution in [0.4, 0.5) is 0 Å². The van der Waals surface area contributed by atoms with Gasteiger partial charge >= 0.3 is 5.97 Å². The summed E-state index contributed by atoms with van der Waals surface area (Å²) in [5, 5.41) is 11.1. The molecule has 0 atom stereocenters. The molecule has 2 aromatic carbocycles. The normalized spacial score (nSPS) is 15.5. The molecule has 1 fully saturated rings. The van der Waals surface area contributed by atoms with Crippen LogP contribution in [0.3, 0.4) is 0 Å². The second kappa shape index (κ2) is 8.30. The van der Waals surface area contributed by atoms with Crippen LogP contribution in [0, 0.1) is 11.3 Å². The summed E-state index contributed by atoms with van der Waals surface area (Å²) in [6, 6.07) is 13.0. The molecule has 0 aliphatic heterocycles. The second-order valence-corrected chi connectivity index (χ2v) is 7.09. The number of fused-ring (bicyclic) bond motifs is 1. The SMILES string of the molecule is COc1ccc(C(=O)OCC(=O)N(C)C2(C#N)CCCCC2)c2ccccc12. The summed E-state index contributed by atoms with van der Waals surface area (Å²) in [5.74, 6) is -0.277. The lowest BCUT2D eigenvalue weighted by Gasteiger charge is -2.38. The minimum atomic E-state index is -0.797. The van der Waals surface area contributed by atoms with Crippen molar-refractivity contribution >= 4 is 22.6 Å². The van der Waals surface area contributed by atoms with E-state index in [0.717, 1.165) is 24.6 Å². The highest BCUT2D eigenvalue weighted by atomic mass is 16.5. The van der Waals surface area contributed by atoms with E-state index in [9.17, 15) is 14.9 Å². The molecule has 146 valence electrons. The maximum atomic E-state index is 12.6. The Balaban J connectivity index is 1.73. The molecule has 28 heavy (non-hydrogen) atoms. The van der Waals surface area contributed by atoms with E-state index in [1.54, 1.807) is 26.3 Å². The minimum absolute atomic E-state index is 0.366. The van der Waals surface area contributed by atoms with Gasteiger partial charge in [0.1, 0.15) is 11.3 Å². The molecule has 3 rings (SSSR count). The number of methoxy groups -OCH3 is 1. The topological polar surface area (TPSA) is 79.6 Å². The molecule has 2 aromatic rings. The number of hydrogen-bond donors (Lipinski definition) is 0. The summed E-state index contributed by atoms with van der Waals surface area (Å²) in [7, 11) is 3.19. The first-order valence-corrected chi connectivity index (χ1v) is 9.43. The van der Waals surface area contributed by atoms with Gasteiger partial charge in [-0.2, -0.15) is 5.26 Å². The van der Waals surface area contributed by atoms with Crippen molar-refractivity contribution in [1.29, 1.82) is 5.26 Å². The number of esters is 1. The largest absolute Gasteiger partial charge is 0.496 e. The van der Waals surface area contributed by atoms with Crippen LogP contribution < -0.4 is 4.74 Å². The maximum Gasteiger partial charge on any atom is 0.339 e. The van der Waals surface area contributed by atoms with E-state index in [2.05, 4.69) is 6.07 Å². The van der Waals surface area contributed by atoms with Crippen LogP contribution in [-0.2, 0) is 9.53 Å². The zero-order valence-corrected chi connectivity index (χ0v) is 16.2. The number of likely N-dealkylation sites (N-methyl/N-ethyl adjacent to an activating group) is 1. The molecule has 6 heteroatoms. The molecule has 1 aliphatic carbocycles. The highest BCUT2D eigenvalue weighted by Gasteiger charge is 2.39. The summed E-state index contributed by atoms with van der Waals surface area (Å²) < 4.78 is 10.6. The first-order valence-electron chi connectivity index (χ1n) is 9.43. The van der Waals surface area contributed by atoms with Gasteiger partial charge in [0, 0.05) is 12.4 Å². The molecule has 0 radical (unpaired) electrons. The molecule has 6 nitrogen and oxygen atoms in total. The van der Waals surface area contributed by atoms with Gasteiger partial charge in [-0.25, -0.2) is 4.79 Å². The van der Waals surface area contributed by atoms with Crippen LogP contribution in [0.2, 0.25) is 0 Å². The van der Waals surface area contributed by atoms with Gasteiger partial charge in [-0.15, -0.1) is 0 Å². The van der Waals surface area contributed by atoms with Crippen molar-refractivity contribution in [2.75, 3.05) is 20.8 Å². The third-order valence-electron chi connectivity index (χ3n) is 5.56. The lowest BCUT2D eigenvalue weighted by atomic mass is 9.81. The standard InChI is InChI=1S/C22H24N2O4/c1-24(22(15-23)12-6-3-7-13-22)20(25)14-28-21(26)18-10-11-19(27-2)17-9-5-4-8-16(17)18/h4-5,8-11H,3,6-7,12-14H2,1-2H3. The summed E-state index contributed by atoms with van der Waals surface area (Å²) in [6.45, 7) is -0.390. The Labute approximate surface area is 164 Å². The van der Waals surface area contributed by atoms with Gasteiger partial charge in [-0.1, -0.05) is 43.5 Å². The Morgan fingerprint density at radius 1 is 1.11 bits per heavy atom. The van der Waals surface area contributed by atoms with Gasteiger partial charge in [0.15, 0.2) is 6.61 Å². The third kappa shape index (κ3) is 3.65. The zero-order chi connectivity index (χ0) is 20.1. The van der Waals surface area contributed by atoms with E-state index < -0.39 is 11.5 Å². The minimum Gasteiger partial charge on any atom is -0.496 e. The number of rotatable bonds is 5. The van der Waals surface area contributed by atoms with E-state index in [1.165, 1.54) is 4.90 Å². The van der Waals surface area contributed by atoms with E-state index in [4.69, 9.17) is 9.47 Å². The fraction of sp³-hybridized carbons (Fsp3) is 0.409. The van der Waals surface area contributed by atoms with Gasteiger partial charge in [0.25, 0.3) is 5.91 Å². The van der Waals surface area contributed by atoms with Crippen molar-refractivity contribution in [2.24, 2.45) is 0 Å². The van der Waals surface area contributed by atoms with E-state index in [0.29, 0.717) is 29.5 Å². The van der Waals surface area contributed by atoms with Crippen molar-refractivity contribution in [3.8, 4) is 11.8 Å². The van der Waals surface area contributed by atoms with Crippen LogP contribution in [0.15, 0.2) is 36.4 Å². The fourth-order valence-corrected chi connectivity index (χ4v) is 3.83. The van der Waals surface area contributed by atoms with E-state index >= 15 is 0 Å². The average molecular weight is 380 g/mol. The molecule has 1 amide bonds. The van der Waals surface area contributed by atoms with Crippen molar-refractivity contribution in [2.45, 2.75) is 37.6 Å². The highest BCUT2D eigenvalue weighted by molar-refractivity contribution is 6.06. The number of carbonyl (C=O) groups excluding carboxylic acids is 2. The smallest absolute Gasteiger partial charge is 0.339 e. The molecule has 1 saturated carbocycles. The van der Waals surface area contributed by atoms with Gasteiger partial charge < -0.3 is 14.4 Å². The quantitative estimate of drug-likeness (QED) is 0.739. The first-order chi connectivity index (χ1) is 13.5. The second-order valence-electron chi connectivity index (χ2n) is 7.09. The van der Waals surface area contributed by atoms with Crippen molar-refractivity contribution < 1.29 is 19.1 Å². The number of amides is 1. The van der Waals surface area contributed by atoms with Crippen LogP contribution in [0.5, 0.6) is 5.75 Å². The third-order valence-corrected chi connectivity index (χ3v) is 5.56. The zero-order valence-electron chi connectivity index (χ0n) is 16.2. The van der Waals surface area contributed by atoms with Gasteiger partial charge in [-0.3, -0.25) is 4.79 Å². The lowest BCUT2D eigenvalue weighted by Crippen LogP contribution is -2.51. The Morgan fingerprint density at radius 2 is 1.79 bits per heavy atom. The predicted molar refractivity (Wildman–Crippen MR) is 105 cm³/mol. The summed E-state index contributed by atoms with van der Waals surface area (Å²) in [4.78, 5) is 26.6. The lowest BCUT2D eigenvalue weighted by molar-refractivity contribution is -0.138. The van der Waals surface area contributed by atoms with Gasteiger partial charge in [-0.05, 0) is 30.4 Å². The molecule has 0 spiro atoms. The highest BCUT2D eigenvalue weighted by Crippen LogP contribution is 2.32. The monoisotopic (exact) mass is 380 g/mol. The summed E-state index contributed by atoms with van der Waals surface area (Å²) in [5.41, 5.74) is -0.423. The Kier molecular flexibility index (Phi) is 5.84. The number of nitrogens with zero attached hydrogens (tertiary/aromatic N) is 2. The molecule has 0 saturated heterocycles. The van der Waals surface area contributed by atoms with Crippen LogP contribution in [0.25, 0.3) is 10.8 Å². The van der Waals surface area contributed by atoms with Crippen molar-refractivity contribution in [3.05, 3.63) is 42.0 Å².